The Bertz CT molecular complexity index is 945. The van der Waals surface area contributed by atoms with E-state index in [1.54, 1.807) is 55.8 Å². The summed E-state index contributed by atoms with van der Waals surface area (Å²) in [5.41, 5.74) is 2.40. The number of amides is 1. The summed E-state index contributed by atoms with van der Waals surface area (Å²) in [6, 6.07) is 15.9. The van der Waals surface area contributed by atoms with E-state index in [4.69, 9.17) is 21.1 Å². The van der Waals surface area contributed by atoms with Gasteiger partial charge in [0.2, 0.25) is 0 Å². The molecule has 0 saturated heterocycles. The summed E-state index contributed by atoms with van der Waals surface area (Å²) in [5.74, 6) is 0.800. The lowest BCUT2D eigenvalue weighted by Crippen LogP contribution is -2.14. The van der Waals surface area contributed by atoms with Crippen LogP contribution in [0.4, 0.5) is 17.1 Å². The molecule has 0 aliphatic rings. The van der Waals surface area contributed by atoms with Crippen LogP contribution in [-0.2, 0) is 0 Å². The highest BCUT2D eigenvalue weighted by Gasteiger charge is 2.12. The number of aromatic nitrogens is 1. The average Bonchev–Trinajstić information content (AvgIpc) is 2.69. The van der Waals surface area contributed by atoms with E-state index in [-0.39, 0.29) is 11.6 Å². The van der Waals surface area contributed by atoms with Crippen molar-refractivity contribution in [3.05, 3.63) is 71.5 Å². The third-order valence-corrected chi connectivity index (χ3v) is 4.00. The summed E-state index contributed by atoms with van der Waals surface area (Å²) < 4.78 is 10.4. The molecule has 3 aromatic rings. The zero-order valence-electron chi connectivity index (χ0n) is 14.8. The molecule has 27 heavy (non-hydrogen) atoms. The molecule has 0 radical (unpaired) electrons. The van der Waals surface area contributed by atoms with Crippen molar-refractivity contribution in [1.29, 1.82) is 0 Å². The van der Waals surface area contributed by atoms with Crippen molar-refractivity contribution in [2.24, 2.45) is 0 Å². The number of methoxy groups -OCH3 is 2. The summed E-state index contributed by atoms with van der Waals surface area (Å²) in [4.78, 5) is 16.7. The number of ether oxygens (including phenoxy) is 2. The maximum absolute atomic E-state index is 12.5. The van der Waals surface area contributed by atoms with Crippen LogP contribution in [0, 0.1) is 0 Å². The summed E-state index contributed by atoms with van der Waals surface area (Å²) in [5, 5.41) is 6.60. The quantitative estimate of drug-likeness (QED) is 0.642. The Balaban J connectivity index is 1.71. The third-order valence-electron chi connectivity index (χ3n) is 3.77. The molecule has 138 valence electrons. The molecule has 0 unspecified atom stereocenters. The Morgan fingerprint density at radius 3 is 2.52 bits per heavy atom. The highest BCUT2D eigenvalue weighted by Crippen LogP contribution is 2.29. The fourth-order valence-corrected chi connectivity index (χ4v) is 2.61. The second-order valence-electron chi connectivity index (χ2n) is 5.59. The number of pyridine rings is 1. The minimum atomic E-state index is -0.340. The van der Waals surface area contributed by atoms with E-state index >= 15 is 0 Å². The normalized spacial score (nSPS) is 10.2. The minimum Gasteiger partial charge on any atom is -0.497 e. The van der Waals surface area contributed by atoms with E-state index in [0.717, 1.165) is 11.4 Å². The van der Waals surface area contributed by atoms with Gasteiger partial charge in [0.05, 0.1) is 31.8 Å². The number of nitrogens with one attached hydrogen (secondary N) is 2. The standard InChI is InChI=1S/C20H18ClN3O3/c1-26-16-7-9-17(19(11-16)27-2)24-20(25)18-8-6-15(12-22-18)23-14-5-3-4-13(21)10-14/h3-12,23H,1-2H3,(H,24,25). The topological polar surface area (TPSA) is 72.5 Å². The summed E-state index contributed by atoms with van der Waals surface area (Å²) in [6.45, 7) is 0. The highest BCUT2D eigenvalue weighted by molar-refractivity contribution is 6.30. The maximum Gasteiger partial charge on any atom is 0.274 e. The number of nitrogens with zero attached hydrogens (tertiary/aromatic N) is 1. The largest absolute Gasteiger partial charge is 0.497 e. The van der Waals surface area contributed by atoms with Gasteiger partial charge in [0.25, 0.3) is 5.91 Å². The molecule has 7 heteroatoms. The molecule has 2 aromatic carbocycles. The van der Waals surface area contributed by atoms with Crippen LogP contribution in [0.25, 0.3) is 0 Å². The van der Waals surface area contributed by atoms with Crippen molar-refractivity contribution in [2.45, 2.75) is 0 Å². The van der Waals surface area contributed by atoms with Gasteiger partial charge in [-0.2, -0.15) is 0 Å². The van der Waals surface area contributed by atoms with Gasteiger partial charge in [-0.1, -0.05) is 17.7 Å². The lowest BCUT2D eigenvalue weighted by atomic mass is 10.2. The maximum atomic E-state index is 12.5. The molecular weight excluding hydrogens is 366 g/mol. The van der Waals surface area contributed by atoms with Gasteiger partial charge in [-0.05, 0) is 42.5 Å². The number of benzene rings is 2. The lowest BCUT2D eigenvalue weighted by molar-refractivity contribution is 0.102. The molecule has 0 saturated carbocycles. The molecule has 3 rings (SSSR count). The number of hydrogen-bond acceptors (Lipinski definition) is 5. The number of anilines is 3. The second kappa shape index (κ2) is 8.42. The van der Waals surface area contributed by atoms with Crippen molar-refractivity contribution >= 4 is 34.6 Å². The number of hydrogen-bond donors (Lipinski definition) is 2. The monoisotopic (exact) mass is 383 g/mol. The van der Waals surface area contributed by atoms with Crippen LogP contribution in [0.1, 0.15) is 10.5 Å². The Labute approximate surface area is 162 Å². The van der Waals surface area contributed by atoms with Gasteiger partial charge in [0.15, 0.2) is 0 Å². The predicted octanol–water partition coefficient (Wildman–Crippen LogP) is 4.75. The van der Waals surface area contributed by atoms with Crippen molar-refractivity contribution < 1.29 is 14.3 Å². The molecule has 0 bridgehead atoms. The Kier molecular flexibility index (Phi) is 5.78. The molecule has 1 heterocycles. The van der Waals surface area contributed by atoms with Crippen LogP contribution >= 0.6 is 11.6 Å². The summed E-state index contributed by atoms with van der Waals surface area (Å²) in [7, 11) is 3.09. The van der Waals surface area contributed by atoms with E-state index in [2.05, 4.69) is 15.6 Å². The Hall–Kier alpha value is -3.25. The number of carbonyl (C=O) groups is 1. The van der Waals surface area contributed by atoms with Gasteiger partial charge >= 0.3 is 0 Å². The Morgan fingerprint density at radius 1 is 1.00 bits per heavy atom. The van der Waals surface area contributed by atoms with Crippen molar-refractivity contribution in [3.8, 4) is 11.5 Å². The van der Waals surface area contributed by atoms with Crippen LogP contribution in [0.3, 0.4) is 0 Å². The first-order chi connectivity index (χ1) is 13.1. The van der Waals surface area contributed by atoms with Gasteiger partial charge < -0.3 is 20.1 Å². The lowest BCUT2D eigenvalue weighted by Gasteiger charge is -2.12. The summed E-state index contributed by atoms with van der Waals surface area (Å²) in [6.07, 6.45) is 1.58. The second-order valence-corrected chi connectivity index (χ2v) is 6.02. The average molecular weight is 384 g/mol. The van der Waals surface area contributed by atoms with Crippen LogP contribution in [0.5, 0.6) is 11.5 Å². The van der Waals surface area contributed by atoms with Crippen molar-refractivity contribution in [2.75, 3.05) is 24.9 Å². The summed E-state index contributed by atoms with van der Waals surface area (Å²) >= 11 is 5.97. The molecule has 1 aromatic heterocycles. The molecule has 1 amide bonds. The van der Waals surface area contributed by atoms with E-state index in [9.17, 15) is 4.79 Å². The van der Waals surface area contributed by atoms with Crippen molar-refractivity contribution in [3.63, 3.8) is 0 Å². The minimum absolute atomic E-state index is 0.282. The predicted molar refractivity (Wildman–Crippen MR) is 106 cm³/mol. The first kappa shape index (κ1) is 18.5. The van der Waals surface area contributed by atoms with E-state index < -0.39 is 0 Å². The van der Waals surface area contributed by atoms with E-state index in [0.29, 0.717) is 22.2 Å². The van der Waals surface area contributed by atoms with Crippen LogP contribution in [0.15, 0.2) is 60.8 Å². The van der Waals surface area contributed by atoms with Crippen LogP contribution in [0.2, 0.25) is 5.02 Å². The SMILES string of the molecule is COc1ccc(NC(=O)c2ccc(Nc3cccc(Cl)c3)cn2)c(OC)c1. The van der Waals surface area contributed by atoms with Crippen LogP contribution in [-0.4, -0.2) is 25.1 Å². The molecule has 0 aliphatic carbocycles. The van der Waals surface area contributed by atoms with E-state index in [1.807, 2.05) is 12.1 Å². The highest BCUT2D eigenvalue weighted by atomic mass is 35.5. The first-order valence-electron chi connectivity index (χ1n) is 8.11. The number of carbonyl (C=O) groups excluding carboxylic acids is 1. The fourth-order valence-electron chi connectivity index (χ4n) is 2.42. The molecule has 2 N–H and O–H groups in total. The zero-order chi connectivity index (χ0) is 19.2. The third kappa shape index (κ3) is 4.68. The van der Waals surface area contributed by atoms with Crippen molar-refractivity contribution in [1.82, 2.24) is 4.98 Å². The number of rotatable bonds is 6. The number of halogens is 1. The molecule has 0 atom stereocenters. The Morgan fingerprint density at radius 2 is 1.85 bits per heavy atom. The van der Waals surface area contributed by atoms with Gasteiger partial charge in [0, 0.05) is 16.8 Å². The molecule has 0 fully saturated rings. The molecule has 6 nitrogen and oxygen atoms in total. The molecular formula is C20H18ClN3O3. The van der Waals surface area contributed by atoms with Gasteiger partial charge in [-0.25, -0.2) is 4.98 Å². The smallest absolute Gasteiger partial charge is 0.274 e. The first-order valence-corrected chi connectivity index (χ1v) is 8.49. The van der Waals surface area contributed by atoms with Gasteiger partial charge in [-0.3, -0.25) is 4.79 Å². The molecule has 0 spiro atoms. The fraction of sp³-hybridized carbons (Fsp3) is 0.100. The zero-order valence-corrected chi connectivity index (χ0v) is 15.6. The van der Waals surface area contributed by atoms with Gasteiger partial charge in [0.1, 0.15) is 17.2 Å². The molecule has 0 aliphatic heterocycles. The van der Waals surface area contributed by atoms with Gasteiger partial charge in [-0.15, -0.1) is 0 Å². The van der Waals surface area contributed by atoms with Crippen LogP contribution < -0.4 is 20.1 Å². The van der Waals surface area contributed by atoms with E-state index in [1.165, 1.54) is 7.11 Å².